The molecule has 0 aliphatic heterocycles. The quantitative estimate of drug-likeness (QED) is 0.160. The van der Waals surface area contributed by atoms with Crippen LogP contribution in [0.2, 0.25) is 10.0 Å². The molecule has 0 aromatic heterocycles. The number of amides is 2. The lowest BCUT2D eigenvalue weighted by atomic mass is 10.0. The van der Waals surface area contributed by atoms with E-state index in [1.807, 2.05) is 70.2 Å². The molecule has 0 saturated carbocycles. The highest BCUT2D eigenvalue weighted by Crippen LogP contribution is 2.29. The van der Waals surface area contributed by atoms with Gasteiger partial charge in [0, 0.05) is 29.1 Å². The summed E-state index contributed by atoms with van der Waals surface area (Å²) < 4.78 is 29.5. The van der Waals surface area contributed by atoms with Gasteiger partial charge in [-0.2, -0.15) is 0 Å². The van der Waals surface area contributed by atoms with Gasteiger partial charge >= 0.3 is 0 Å². The molecule has 4 aromatic rings. The Morgan fingerprint density at radius 2 is 1.52 bits per heavy atom. The van der Waals surface area contributed by atoms with Crippen molar-refractivity contribution in [3.05, 3.63) is 129 Å². The minimum Gasteiger partial charge on any atom is -0.352 e. The molecule has 1 N–H and O–H groups in total. The maximum Gasteiger partial charge on any atom is 0.264 e. The molecule has 10 heteroatoms. The van der Waals surface area contributed by atoms with Gasteiger partial charge in [0.15, 0.2) is 0 Å². The molecule has 46 heavy (non-hydrogen) atoms. The summed E-state index contributed by atoms with van der Waals surface area (Å²) in [4.78, 5) is 30.1. The fourth-order valence-electron chi connectivity index (χ4n) is 5.15. The second-order valence-electron chi connectivity index (χ2n) is 11.4. The van der Waals surface area contributed by atoms with Crippen molar-refractivity contribution < 1.29 is 18.0 Å². The standard InChI is InChI=1S/C36H39Cl2N3O4S/c1-5-27(4)39-36(43)34(21-28-12-8-6-9-13-28)40(23-29-17-18-30(37)22-32(29)38)35(42)24-41(33-19-16-25(2)20-26(33)3)46(44,45)31-14-10-7-11-15-31/h6-20,22,27,34H,5,21,23-24H2,1-4H3,(H,39,43)/t27-,34-/m1/s1. The number of rotatable bonds is 13. The van der Waals surface area contributed by atoms with Gasteiger partial charge in [0.25, 0.3) is 10.0 Å². The highest BCUT2D eigenvalue weighted by Gasteiger charge is 2.35. The summed E-state index contributed by atoms with van der Waals surface area (Å²) in [6.45, 7) is 6.99. The molecule has 242 valence electrons. The molecular weight excluding hydrogens is 641 g/mol. The fraction of sp³-hybridized carbons (Fsp3) is 0.278. The summed E-state index contributed by atoms with van der Waals surface area (Å²) in [7, 11) is -4.19. The summed E-state index contributed by atoms with van der Waals surface area (Å²) in [5, 5.41) is 3.79. The predicted octanol–water partition coefficient (Wildman–Crippen LogP) is 7.36. The van der Waals surface area contributed by atoms with E-state index in [4.69, 9.17) is 23.2 Å². The van der Waals surface area contributed by atoms with Gasteiger partial charge in [-0.15, -0.1) is 0 Å². The third-order valence-corrected chi connectivity index (χ3v) is 10.2. The SMILES string of the molecule is CC[C@@H](C)NC(=O)[C@@H](Cc1ccccc1)N(Cc1ccc(Cl)cc1Cl)C(=O)CN(c1ccc(C)cc1C)S(=O)(=O)c1ccccc1. The number of carbonyl (C=O) groups excluding carboxylic acids is 2. The zero-order valence-electron chi connectivity index (χ0n) is 26.4. The Kier molecular flexibility index (Phi) is 11.9. The van der Waals surface area contributed by atoms with Crippen molar-refractivity contribution in [1.82, 2.24) is 10.2 Å². The van der Waals surface area contributed by atoms with Crippen molar-refractivity contribution in [3.63, 3.8) is 0 Å². The van der Waals surface area contributed by atoms with Gasteiger partial charge < -0.3 is 10.2 Å². The molecule has 0 heterocycles. The first-order chi connectivity index (χ1) is 21.9. The molecule has 4 rings (SSSR count). The van der Waals surface area contributed by atoms with Crippen molar-refractivity contribution in [1.29, 1.82) is 0 Å². The van der Waals surface area contributed by atoms with Crippen LogP contribution in [-0.4, -0.2) is 43.8 Å². The lowest BCUT2D eigenvalue weighted by Crippen LogP contribution is -2.54. The molecule has 0 bridgehead atoms. The Hall–Kier alpha value is -3.85. The van der Waals surface area contributed by atoms with Crippen LogP contribution in [0.4, 0.5) is 5.69 Å². The molecule has 0 radical (unpaired) electrons. The minimum absolute atomic E-state index is 0.0467. The van der Waals surface area contributed by atoms with E-state index in [9.17, 15) is 18.0 Å². The monoisotopic (exact) mass is 679 g/mol. The lowest BCUT2D eigenvalue weighted by Gasteiger charge is -2.35. The lowest BCUT2D eigenvalue weighted by molar-refractivity contribution is -0.140. The zero-order valence-corrected chi connectivity index (χ0v) is 28.7. The van der Waals surface area contributed by atoms with E-state index in [0.29, 0.717) is 33.3 Å². The van der Waals surface area contributed by atoms with Crippen molar-refractivity contribution in [2.75, 3.05) is 10.8 Å². The van der Waals surface area contributed by atoms with E-state index in [0.717, 1.165) is 15.4 Å². The Morgan fingerprint density at radius 3 is 2.13 bits per heavy atom. The first-order valence-electron chi connectivity index (χ1n) is 15.1. The Bertz CT molecular complexity index is 1770. The summed E-state index contributed by atoms with van der Waals surface area (Å²) in [5.41, 5.74) is 3.42. The largest absolute Gasteiger partial charge is 0.352 e. The Balaban J connectivity index is 1.85. The van der Waals surface area contributed by atoms with Crippen LogP contribution in [0.1, 0.15) is 42.5 Å². The van der Waals surface area contributed by atoms with Gasteiger partial charge in [0.05, 0.1) is 10.6 Å². The molecular formula is C36H39Cl2N3O4S. The summed E-state index contributed by atoms with van der Waals surface area (Å²) in [6, 6.07) is 26.6. The van der Waals surface area contributed by atoms with Gasteiger partial charge in [-0.1, -0.05) is 102 Å². The average molecular weight is 681 g/mol. The number of benzene rings is 4. The van der Waals surface area contributed by atoms with E-state index < -0.39 is 28.5 Å². The van der Waals surface area contributed by atoms with Crippen molar-refractivity contribution in [3.8, 4) is 0 Å². The number of hydrogen-bond acceptors (Lipinski definition) is 4. The molecule has 2 atom stereocenters. The van der Waals surface area contributed by atoms with Crippen LogP contribution in [-0.2, 0) is 32.6 Å². The van der Waals surface area contributed by atoms with Gasteiger partial charge in [0.2, 0.25) is 11.8 Å². The van der Waals surface area contributed by atoms with Crippen molar-refractivity contribution in [2.45, 2.75) is 64.1 Å². The molecule has 2 amide bonds. The topological polar surface area (TPSA) is 86.8 Å². The first kappa shape index (κ1) is 35.0. The van der Waals surface area contributed by atoms with Crippen LogP contribution >= 0.6 is 23.2 Å². The number of nitrogens with zero attached hydrogens (tertiary/aromatic N) is 2. The second kappa shape index (κ2) is 15.6. The van der Waals surface area contributed by atoms with E-state index in [2.05, 4.69) is 5.32 Å². The van der Waals surface area contributed by atoms with Crippen LogP contribution in [0, 0.1) is 13.8 Å². The zero-order chi connectivity index (χ0) is 33.4. The summed E-state index contributed by atoms with van der Waals surface area (Å²) in [5.74, 6) is -0.911. The van der Waals surface area contributed by atoms with Crippen LogP contribution in [0.5, 0.6) is 0 Å². The van der Waals surface area contributed by atoms with Crippen LogP contribution in [0.15, 0.2) is 102 Å². The fourth-order valence-corrected chi connectivity index (χ4v) is 7.11. The maximum atomic E-state index is 14.6. The second-order valence-corrected chi connectivity index (χ2v) is 14.1. The molecule has 0 saturated heterocycles. The maximum absolute atomic E-state index is 14.6. The number of carbonyl (C=O) groups is 2. The van der Waals surface area contributed by atoms with Gasteiger partial charge in [-0.05, 0) is 74.2 Å². The Morgan fingerprint density at radius 1 is 0.870 bits per heavy atom. The number of sulfonamides is 1. The smallest absolute Gasteiger partial charge is 0.264 e. The molecule has 0 fully saturated rings. The van der Waals surface area contributed by atoms with Crippen LogP contribution in [0.25, 0.3) is 0 Å². The van der Waals surface area contributed by atoms with Crippen molar-refractivity contribution in [2.24, 2.45) is 0 Å². The van der Waals surface area contributed by atoms with Gasteiger partial charge in [-0.25, -0.2) is 8.42 Å². The predicted molar refractivity (Wildman–Crippen MR) is 186 cm³/mol. The van der Waals surface area contributed by atoms with E-state index in [-0.39, 0.29) is 29.8 Å². The van der Waals surface area contributed by atoms with Crippen LogP contribution < -0.4 is 9.62 Å². The number of halogens is 2. The van der Waals surface area contributed by atoms with Gasteiger partial charge in [0.1, 0.15) is 12.6 Å². The highest BCUT2D eigenvalue weighted by molar-refractivity contribution is 7.92. The highest BCUT2D eigenvalue weighted by atomic mass is 35.5. The average Bonchev–Trinajstić information content (AvgIpc) is 3.03. The molecule has 0 unspecified atom stereocenters. The van der Waals surface area contributed by atoms with Gasteiger partial charge in [-0.3, -0.25) is 13.9 Å². The minimum atomic E-state index is -4.19. The number of aryl methyl sites for hydroxylation is 2. The summed E-state index contributed by atoms with van der Waals surface area (Å²) in [6.07, 6.45) is 0.894. The van der Waals surface area contributed by atoms with Crippen LogP contribution in [0.3, 0.4) is 0 Å². The van der Waals surface area contributed by atoms with Crippen molar-refractivity contribution >= 4 is 50.7 Å². The molecule has 0 aliphatic rings. The molecule has 0 aliphatic carbocycles. The summed E-state index contributed by atoms with van der Waals surface area (Å²) >= 11 is 12.8. The Labute approximate surface area is 282 Å². The first-order valence-corrected chi connectivity index (χ1v) is 17.3. The third-order valence-electron chi connectivity index (χ3n) is 7.86. The number of nitrogens with one attached hydrogen (secondary N) is 1. The molecule has 0 spiro atoms. The third kappa shape index (κ3) is 8.69. The molecule has 7 nitrogen and oxygen atoms in total. The van der Waals surface area contributed by atoms with E-state index in [1.54, 1.807) is 42.5 Å². The van der Waals surface area contributed by atoms with E-state index in [1.165, 1.54) is 17.0 Å². The molecule has 4 aromatic carbocycles. The normalized spacial score (nSPS) is 12.7. The number of hydrogen-bond donors (Lipinski definition) is 1. The number of anilines is 1. The van der Waals surface area contributed by atoms with E-state index >= 15 is 0 Å².